The van der Waals surface area contributed by atoms with Crippen molar-refractivity contribution in [3.8, 4) is 5.75 Å². The first kappa shape index (κ1) is 15.9. The summed E-state index contributed by atoms with van der Waals surface area (Å²) in [5.41, 5.74) is 1.54. The Morgan fingerprint density at radius 1 is 1.29 bits per heavy atom. The van der Waals surface area contributed by atoms with Crippen LogP contribution in [0.15, 0.2) is 42.5 Å². The van der Waals surface area contributed by atoms with Crippen molar-refractivity contribution >= 4 is 38.8 Å². The first-order valence-electron chi connectivity index (χ1n) is 7.05. The molecule has 0 unspecified atom stereocenters. The normalized spacial score (nSPS) is 10.5. The number of hydrogen-bond donors (Lipinski definition) is 1. The molecule has 0 atom stereocenters. The highest BCUT2D eigenvalue weighted by atomic mass is 32.1. The predicted octanol–water partition coefficient (Wildman–Crippen LogP) is 3.53. The molecule has 7 nitrogen and oxygen atoms in total. The molecule has 0 aliphatic carbocycles. The molecule has 0 fully saturated rings. The number of hydrogen-bond acceptors (Lipinski definition) is 6. The summed E-state index contributed by atoms with van der Waals surface area (Å²) in [6.45, 7) is 1.75. The zero-order chi connectivity index (χ0) is 17.1. The van der Waals surface area contributed by atoms with Crippen molar-refractivity contribution in [1.82, 2.24) is 4.98 Å². The number of nitro benzene ring substituents is 1. The van der Waals surface area contributed by atoms with Crippen LogP contribution in [0.2, 0.25) is 0 Å². The monoisotopic (exact) mass is 343 g/mol. The molecule has 0 saturated carbocycles. The number of thiazole rings is 1. The number of nitrogens with zero attached hydrogens (tertiary/aromatic N) is 2. The van der Waals surface area contributed by atoms with Gasteiger partial charge in [-0.3, -0.25) is 14.9 Å². The van der Waals surface area contributed by atoms with Crippen molar-refractivity contribution < 1.29 is 14.5 Å². The van der Waals surface area contributed by atoms with Gasteiger partial charge in [-0.2, -0.15) is 0 Å². The van der Waals surface area contributed by atoms with Gasteiger partial charge in [0.1, 0.15) is 5.75 Å². The Morgan fingerprint density at radius 2 is 2.04 bits per heavy atom. The van der Waals surface area contributed by atoms with Crippen LogP contribution in [-0.2, 0) is 4.79 Å². The molecule has 0 spiro atoms. The van der Waals surface area contributed by atoms with E-state index in [4.69, 9.17) is 4.74 Å². The van der Waals surface area contributed by atoms with Gasteiger partial charge in [0.05, 0.1) is 20.1 Å². The summed E-state index contributed by atoms with van der Waals surface area (Å²) in [6.07, 6.45) is 0. The van der Waals surface area contributed by atoms with E-state index in [1.807, 2.05) is 19.1 Å². The highest BCUT2D eigenvalue weighted by molar-refractivity contribution is 7.18. The highest BCUT2D eigenvalue weighted by Gasteiger charge is 2.08. The van der Waals surface area contributed by atoms with Crippen LogP contribution in [0.25, 0.3) is 10.2 Å². The number of nitro groups is 1. The standard InChI is InChI=1S/C16H13N3O4S/c1-10-17-14-7-2-11(8-15(14)24-10)18-16(20)9-23-13-5-3-12(4-6-13)19(21)22/h2-8H,9H2,1H3,(H,18,20). The average molecular weight is 343 g/mol. The number of ether oxygens (including phenoxy) is 1. The lowest BCUT2D eigenvalue weighted by atomic mass is 10.3. The molecule has 3 aromatic rings. The quantitative estimate of drug-likeness (QED) is 0.565. The van der Waals surface area contributed by atoms with Crippen LogP contribution in [0.4, 0.5) is 11.4 Å². The molecule has 122 valence electrons. The van der Waals surface area contributed by atoms with Crippen LogP contribution in [-0.4, -0.2) is 22.4 Å². The Balaban J connectivity index is 1.59. The molecule has 0 radical (unpaired) electrons. The molecule has 2 aromatic carbocycles. The van der Waals surface area contributed by atoms with E-state index in [0.717, 1.165) is 15.2 Å². The van der Waals surface area contributed by atoms with Crippen LogP contribution in [0.1, 0.15) is 5.01 Å². The average Bonchev–Trinajstić information content (AvgIpc) is 2.92. The van der Waals surface area contributed by atoms with Gasteiger partial charge in [0.2, 0.25) is 0 Å². The maximum Gasteiger partial charge on any atom is 0.269 e. The SMILES string of the molecule is Cc1nc2ccc(NC(=O)COc3ccc([N+](=O)[O-])cc3)cc2s1. The van der Waals surface area contributed by atoms with Gasteiger partial charge in [0, 0.05) is 17.8 Å². The van der Waals surface area contributed by atoms with E-state index in [-0.39, 0.29) is 18.2 Å². The third-order valence-corrected chi connectivity index (χ3v) is 4.13. The summed E-state index contributed by atoms with van der Waals surface area (Å²) in [4.78, 5) is 26.4. The van der Waals surface area contributed by atoms with Crippen LogP contribution < -0.4 is 10.1 Å². The Bertz CT molecular complexity index is 905. The molecular weight excluding hydrogens is 330 g/mol. The number of carbonyl (C=O) groups excluding carboxylic acids is 1. The molecule has 0 aliphatic rings. The number of amides is 1. The predicted molar refractivity (Wildman–Crippen MR) is 91.6 cm³/mol. The number of rotatable bonds is 5. The fraction of sp³-hybridized carbons (Fsp3) is 0.125. The molecule has 24 heavy (non-hydrogen) atoms. The van der Waals surface area contributed by atoms with Crippen molar-refractivity contribution in [2.75, 3.05) is 11.9 Å². The zero-order valence-electron chi connectivity index (χ0n) is 12.7. The highest BCUT2D eigenvalue weighted by Crippen LogP contribution is 2.24. The fourth-order valence-electron chi connectivity index (χ4n) is 2.13. The number of anilines is 1. The Labute approximate surface area is 141 Å². The summed E-state index contributed by atoms with van der Waals surface area (Å²) >= 11 is 1.56. The number of non-ortho nitro benzene ring substituents is 1. The van der Waals surface area contributed by atoms with Crippen LogP contribution in [0, 0.1) is 17.0 Å². The maximum atomic E-state index is 11.9. The summed E-state index contributed by atoms with van der Waals surface area (Å²) in [5.74, 6) is 0.0817. The van der Waals surface area contributed by atoms with Gasteiger partial charge < -0.3 is 10.1 Å². The first-order valence-corrected chi connectivity index (χ1v) is 7.87. The van der Waals surface area contributed by atoms with E-state index < -0.39 is 4.92 Å². The van der Waals surface area contributed by atoms with Crippen molar-refractivity contribution in [2.24, 2.45) is 0 Å². The molecule has 0 bridgehead atoms. The number of nitrogens with one attached hydrogen (secondary N) is 1. The molecule has 0 saturated heterocycles. The summed E-state index contributed by atoms with van der Waals surface area (Å²) in [7, 11) is 0. The van der Waals surface area contributed by atoms with E-state index in [9.17, 15) is 14.9 Å². The van der Waals surface area contributed by atoms with E-state index in [2.05, 4.69) is 10.3 Å². The second-order valence-corrected chi connectivity index (χ2v) is 6.24. The summed E-state index contributed by atoms with van der Waals surface area (Å²) in [5, 5.41) is 14.3. The second kappa shape index (κ2) is 6.63. The molecule has 1 aromatic heterocycles. The minimum atomic E-state index is -0.492. The lowest BCUT2D eigenvalue weighted by Gasteiger charge is -2.07. The summed E-state index contributed by atoms with van der Waals surface area (Å²) < 4.78 is 6.32. The minimum Gasteiger partial charge on any atom is -0.484 e. The van der Waals surface area contributed by atoms with E-state index in [0.29, 0.717) is 11.4 Å². The molecule has 1 heterocycles. The van der Waals surface area contributed by atoms with Gasteiger partial charge in [-0.1, -0.05) is 0 Å². The van der Waals surface area contributed by atoms with E-state index in [1.165, 1.54) is 24.3 Å². The van der Waals surface area contributed by atoms with Gasteiger partial charge in [-0.15, -0.1) is 11.3 Å². The van der Waals surface area contributed by atoms with Gasteiger partial charge in [-0.25, -0.2) is 4.98 Å². The Morgan fingerprint density at radius 3 is 2.75 bits per heavy atom. The third-order valence-electron chi connectivity index (χ3n) is 3.20. The lowest BCUT2D eigenvalue weighted by Crippen LogP contribution is -2.20. The number of aromatic nitrogens is 1. The van der Waals surface area contributed by atoms with Crippen molar-refractivity contribution in [3.63, 3.8) is 0 Å². The third kappa shape index (κ3) is 3.66. The van der Waals surface area contributed by atoms with Crippen molar-refractivity contribution in [2.45, 2.75) is 6.92 Å². The molecule has 0 aliphatic heterocycles. The maximum absolute atomic E-state index is 11.9. The molecule has 1 amide bonds. The van der Waals surface area contributed by atoms with Crippen LogP contribution in [0.5, 0.6) is 5.75 Å². The van der Waals surface area contributed by atoms with Gasteiger partial charge in [-0.05, 0) is 37.3 Å². The van der Waals surface area contributed by atoms with Gasteiger partial charge in [0.15, 0.2) is 6.61 Å². The zero-order valence-corrected chi connectivity index (χ0v) is 13.5. The fourth-order valence-corrected chi connectivity index (χ4v) is 2.99. The second-order valence-electron chi connectivity index (χ2n) is 5.00. The molecule has 1 N–H and O–H groups in total. The van der Waals surface area contributed by atoms with E-state index in [1.54, 1.807) is 17.4 Å². The lowest BCUT2D eigenvalue weighted by molar-refractivity contribution is -0.384. The van der Waals surface area contributed by atoms with Gasteiger partial charge in [0.25, 0.3) is 11.6 Å². The van der Waals surface area contributed by atoms with Gasteiger partial charge >= 0.3 is 0 Å². The minimum absolute atomic E-state index is 0.0278. The summed E-state index contributed by atoms with van der Waals surface area (Å²) in [6, 6.07) is 11.1. The number of aryl methyl sites for hydroxylation is 1. The largest absolute Gasteiger partial charge is 0.484 e. The van der Waals surface area contributed by atoms with E-state index >= 15 is 0 Å². The first-order chi connectivity index (χ1) is 11.5. The Kier molecular flexibility index (Phi) is 4.39. The van der Waals surface area contributed by atoms with Crippen molar-refractivity contribution in [1.29, 1.82) is 0 Å². The molecule has 8 heteroatoms. The Hall–Kier alpha value is -3.00. The van der Waals surface area contributed by atoms with Crippen LogP contribution in [0.3, 0.4) is 0 Å². The molecular formula is C16H13N3O4S. The van der Waals surface area contributed by atoms with Crippen molar-refractivity contribution in [3.05, 3.63) is 57.6 Å². The number of fused-ring (bicyclic) bond motifs is 1. The molecule has 3 rings (SSSR count). The van der Waals surface area contributed by atoms with Crippen LogP contribution >= 0.6 is 11.3 Å². The smallest absolute Gasteiger partial charge is 0.269 e. The number of benzene rings is 2. The number of carbonyl (C=O) groups is 1. The topological polar surface area (TPSA) is 94.4 Å².